The highest BCUT2D eigenvalue weighted by Crippen LogP contribution is 2.08. The average molecular weight is 284 g/mol. The van der Waals surface area contributed by atoms with Crippen LogP contribution in [0.15, 0.2) is 0 Å². The Kier molecular flexibility index (Phi) is 5.82. The molecule has 0 aromatic rings. The number of Topliss-reactive ketones (excluding diaryl/α,β-unsaturated/α-hetero) is 2. The molecule has 1 atom stereocenters. The Hall–Kier alpha value is -2.25. The van der Waals surface area contributed by atoms with Crippen molar-refractivity contribution >= 4 is 29.4 Å². The molecule has 0 aromatic carbocycles. The second-order valence-electron chi connectivity index (χ2n) is 4.28. The summed E-state index contributed by atoms with van der Waals surface area (Å²) >= 11 is 0. The normalized spacial score (nSPS) is 22.1. The van der Waals surface area contributed by atoms with Crippen molar-refractivity contribution in [3.63, 3.8) is 0 Å². The number of ketones is 2. The zero-order chi connectivity index (χ0) is 15.1. The molecule has 110 valence electrons. The number of esters is 1. The van der Waals surface area contributed by atoms with Crippen LogP contribution in [0.2, 0.25) is 0 Å². The minimum Gasteiger partial charge on any atom is -0.468 e. The Morgan fingerprint density at radius 1 is 1.10 bits per heavy atom. The van der Waals surface area contributed by atoms with Crippen molar-refractivity contribution < 1.29 is 28.7 Å². The Bertz CT molecular complexity index is 404. The summed E-state index contributed by atoms with van der Waals surface area (Å²) in [6, 6.07) is 0. The van der Waals surface area contributed by atoms with E-state index in [9.17, 15) is 24.0 Å². The second-order valence-corrected chi connectivity index (χ2v) is 4.28. The Balaban J connectivity index is 0.000000217. The van der Waals surface area contributed by atoms with Gasteiger partial charge in [-0.3, -0.25) is 24.0 Å². The highest BCUT2D eigenvalue weighted by atomic mass is 16.5. The molecule has 2 amide bonds. The zero-order valence-electron chi connectivity index (χ0n) is 11.1. The lowest BCUT2D eigenvalue weighted by Crippen LogP contribution is -2.46. The Labute approximate surface area is 115 Å². The Morgan fingerprint density at radius 3 is 2.20 bits per heavy atom. The summed E-state index contributed by atoms with van der Waals surface area (Å²) in [4.78, 5) is 53.7. The van der Waals surface area contributed by atoms with Crippen molar-refractivity contribution in [2.24, 2.45) is 5.92 Å². The van der Waals surface area contributed by atoms with Gasteiger partial charge in [-0.25, -0.2) is 0 Å². The van der Waals surface area contributed by atoms with Crippen LogP contribution < -0.4 is 10.6 Å². The van der Waals surface area contributed by atoms with Crippen molar-refractivity contribution in [3.8, 4) is 0 Å². The van der Waals surface area contributed by atoms with Gasteiger partial charge in [-0.2, -0.15) is 0 Å². The summed E-state index contributed by atoms with van der Waals surface area (Å²) < 4.78 is 4.31. The van der Waals surface area contributed by atoms with Crippen LogP contribution >= 0.6 is 0 Å². The van der Waals surface area contributed by atoms with Gasteiger partial charge in [0, 0.05) is 25.9 Å². The lowest BCUT2D eigenvalue weighted by atomic mass is 9.97. The van der Waals surface area contributed by atoms with Crippen molar-refractivity contribution in [3.05, 3.63) is 0 Å². The summed E-state index contributed by atoms with van der Waals surface area (Å²) in [5.74, 6) is -3.04. The van der Waals surface area contributed by atoms with Crippen molar-refractivity contribution in [1.82, 2.24) is 10.6 Å². The lowest BCUT2D eigenvalue weighted by molar-refractivity contribution is -0.155. The third-order valence-corrected chi connectivity index (χ3v) is 2.78. The highest BCUT2D eigenvalue weighted by Gasteiger charge is 2.37. The molecule has 2 fully saturated rings. The molecule has 2 aliphatic heterocycles. The molecule has 1 unspecified atom stereocenters. The van der Waals surface area contributed by atoms with Crippen LogP contribution in [0.25, 0.3) is 0 Å². The first-order valence-electron chi connectivity index (χ1n) is 6.12. The van der Waals surface area contributed by atoms with Crippen LogP contribution in [0.1, 0.15) is 19.3 Å². The highest BCUT2D eigenvalue weighted by molar-refractivity contribution is 6.17. The molecular formula is C12H16N2O6. The number of nitrogens with one attached hydrogen (secondary N) is 2. The average Bonchev–Trinajstić information content (AvgIpc) is 2.38. The van der Waals surface area contributed by atoms with Gasteiger partial charge in [0.2, 0.25) is 11.8 Å². The maximum absolute atomic E-state index is 11.0. The van der Waals surface area contributed by atoms with Crippen LogP contribution in [0.5, 0.6) is 0 Å². The molecule has 2 rings (SSSR count). The van der Waals surface area contributed by atoms with Crippen LogP contribution in [-0.2, 0) is 28.7 Å². The molecule has 0 spiro atoms. The molecule has 2 N–H and O–H groups in total. The van der Waals surface area contributed by atoms with Crippen LogP contribution in [0.3, 0.4) is 0 Å². The fourth-order valence-corrected chi connectivity index (χ4v) is 1.73. The summed E-state index contributed by atoms with van der Waals surface area (Å²) in [5.41, 5.74) is 0. The molecule has 2 aliphatic rings. The van der Waals surface area contributed by atoms with Crippen LogP contribution in [0, 0.1) is 5.92 Å². The molecule has 8 nitrogen and oxygen atoms in total. The summed E-state index contributed by atoms with van der Waals surface area (Å²) in [7, 11) is 1.15. The van der Waals surface area contributed by atoms with E-state index in [0.717, 1.165) is 7.11 Å². The Morgan fingerprint density at radius 2 is 1.75 bits per heavy atom. The molecule has 0 radical (unpaired) electrons. The van der Waals surface area contributed by atoms with Gasteiger partial charge >= 0.3 is 5.97 Å². The number of piperidine rings is 2. The molecule has 8 heteroatoms. The van der Waals surface area contributed by atoms with Crippen LogP contribution in [-0.4, -0.2) is 49.5 Å². The third kappa shape index (κ3) is 4.45. The minimum atomic E-state index is -1.25. The number of carbonyl (C=O) groups excluding carboxylic acids is 5. The zero-order valence-corrected chi connectivity index (χ0v) is 11.1. The molecular weight excluding hydrogens is 268 g/mol. The second kappa shape index (κ2) is 7.37. The van der Waals surface area contributed by atoms with Crippen LogP contribution in [0.4, 0.5) is 0 Å². The number of carbonyl (C=O) groups is 5. The number of hydrogen-bond donors (Lipinski definition) is 2. The summed E-state index contributed by atoms with van der Waals surface area (Å²) in [6.45, 7) is 0.836. The van der Waals surface area contributed by atoms with Gasteiger partial charge in [0.25, 0.3) is 0 Å². The molecule has 0 bridgehead atoms. The summed E-state index contributed by atoms with van der Waals surface area (Å²) in [5, 5.41) is 4.97. The first kappa shape index (κ1) is 15.8. The standard InChI is InChI=1S/C7H9NO4.C5H7NO2/c1-12-7(11)5-4(9)2-3-8-6(5)10;7-4-1-2-6-5(8)3-4/h5H,2-3H2,1H3,(H,8,10);1-3H2,(H,6,8). The summed E-state index contributed by atoms with van der Waals surface area (Å²) in [6.07, 6.45) is 0.789. The van der Waals surface area contributed by atoms with E-state index < -0.39 is 17.8 Å². The maximum Gasteiger partial charge on any atom is 0.325 e. The van der Waals surface area contributed by atoms with Gasteiger partial charge in [-0.05, 0) is 0 Å². The first-order valence-corrected chi connectivity index (χ1v) is 6.12. The fraction of sp³-hybridized carbons (Fsp3) is 0.583. The van der Waals surface area contributed by atoms with Gasteiger partial charge in [-0.1, -0.05) is 0 Å². The van der Waals surface area contributed by atoms with E-state index >= 15 is 0 Å². The van der Waals surface area contributed by atoms with Gasteiger partial charge in [0.1, 0.15) is 5.78 Å². The minimum absolute atomic E-state index is 0.0498. The molecule has 0 aromatic heterocycles. The van der Waals surface area contributed by atoms with Crippen molar-refractivity contribution in [1.29, 1.82) is 0 Å². The predicted molar refractivity (Wildman–Crippen MR) is 65.4 cm³/mol. The van der Waals surface area contributed by atoms with Crippen molar-refractivity contribution in [2.45, 2.75) is 19.3 Å². The first-order chi connectivity index (χ1) is 9.45. The largest absolute Gasteiger partial charge is 0.468 e. The van der Waals surface area contributed by atoms with E-state index in [2.05, 4.69) is 15.4 Å². The molecule has 2 heterocycles. The quantitative estimate of drug-likeness (QED) is 0.439. The van der Waals surface area contributed by atoms with Gasteiger partial charge in [0.05, 0.1) is 13.5 Å². The molecule has 0 saturated carbocycles. The van der Waals surface area contributed by atoms with Crippen molar-refractivity contribution in [2.75, 3.05) is 20.2 Å². The third-order valence-electron chi connectivity index (χ3n) is 2.78. The number of hydrogen-bond acceptors (Lipinski definition) is 6. The van der Waals surface area contributed by atoms with Gasteiger partial charge in [-0.15, -0.1) is 0 Å². The van der Waals surface area contributed by atoms with E-state index in [-0.39, 0.29) is 30.3 Å². The van der Waals surface area contributed by atoms with E-state index in [1.54, 1.807) is 0 Å². The maximum atomic E-state index is 11.0. The predicted octanol–water partition coefficient (Wildman–Crippen LogP) is -1.67. The topological polar surface area (TPSA) is 119 Å². The van der Waals surface area contributed by atoms with Gasteiger partial charge < -0.3 is 15.4 Å². The fourth-order valence-electron chi connectivity index (χ4n) is 1.73. The number of methoxy groups -OCH3 is 1. The smallest absolute Gasteiger partial charge is 0.325 e. The van der Waals surface area contributed by atoms with Gasteiger partial charge in [0.15, 0.2) is 11.7 Å². The lowest BCUT2D eigenvalue weighted by Gasteiger charge is -2.18. The SMILES string of the molecule is COC(=O)C1C(=O)CCNC1=O.O=C1CCNC(=O)C1. The number of amides is 2. The van der Waals surface area contributed by atoms with E-state index in [1.807, 2.05) is 0 Å². The molecule has 20 heavy (non-hydrogen) atoms. The van der Waals surface area contributed by atoms with E-state index in [4.69, 9.17) is 0 Å². The number of ether oxygens (including phenoxy) is 1. The molecule has 2 saturated heterocycles. The van der Waals surface area contributed by atoms with E-state index in [1.165, 1.54) is 0 Å². The number of rotatable bonds is 1. The molecule has 0 aliphatic carbocycles. The monoisotopic (exact) mass is 284 g/mol. The van der Waals surface area contributed by atoms with E-state index in [0.29, 0.717) is 19.5 Å².